The Bertz CT molecular complexity index is 835. The molecule has 1 aliphatic heterocycles. The normalized spacial score (nSPS) is 18.5. The van der Waals surface area contributed by atoms with Crippen molar-refractivity contribution in [3.63, 3.8) is 0 Å². The van der Waals surface area contributed by atoms with Gasteiger partial charge in [-0.2, -0.15) is 0 Å². The Hall–Kier alpha value is -2.14. The van der Waals surface area contributed by atoms with E-state index in [1.165, 1.54) is 18.2 Å². The Kier molecular flexibility index (Phi) is 4.22. The van der Waals surface area contributed by atoms with Gasteiger partial charge in [0.25, 0.3) is 5.56 Å². The van der Waals surface area contributed by atoms with Crippen LogP contribution in [0.25, 0.3) is 0 Å². The minimum Gasteiger partial charge on any atom is -0.299 e. The summed E-state index contributed by atoms with van der Waals surface area (Å²) in [6.45, 7) is 3.72. The molecule has 0 saturated carbocycles. The molecule has 2 heterocycles. The zero-order valence-corrected chi connectivity index (χ0v) is 14.0. The van der Waals surface area contributed by atoms with E-state index in [-0.39, 0.29) is 11.2 Å². The molecule has 1 saturated heterocycles. The number of hydrogen-bond donors (Lipinski definition) is 0. The molecule has 122 valence electrons. The summed E-state index contributed by atoms with van der Waals surface area (Å²) in [7, 11) is 3.24. The molecule has 0 radical (unpaired) electrons. The van der Waals surface area contributed by atoms with Gasteiger partial charge >= 0.3 is 5.69 Å². The topological polar surface area (TPSA) is 47.2 Å². The van der Waals surface area contributed by atoms with E-state index < -0.39 is 0 Å². The van der Waals surface area contributed by atoms with Crippen LogP contribution < -0.4 is 11.2 Å². The molecule has 1 atom stereocenters. The summed E-state index contributed by atoms with van der Waals surface area (Å²) in [6, 6.07) is 10.5. The van der Waals surface area contributed by atoms with Crippen LogP contribution >= 0.6 is 0 Å². The van der Waals surface area contributed by atoms with E-state index in [2.05, 4.69) is 36.1 Å². The molecule has 0 aliphatic carbocycles. The van der Waals surface area contributed by atoms with Crippen LogP contribution in [0.3, 0.4) is 0 Å². The molecule has 1 fully saturated rings. The standard InChI is InChI=1S/C18H23N3O2/c1-13-6-4-7-14(10-13)16-8-5-9-21(16)12-15-11-17(22)20(3)18(23)19(15)2/h4,6-7,10-11,16H,5,8-9,12H2,1-3H3/t16-/m0/s1. The molecule has 23 heavy (non-hydrogen) atoms. The third kappa shape index (κ3) is 3.01. The van der Waals surface area contributed by atoms with Crippen molar-refractivity contribution in [2.24, 2.45) is 14.1 Å². The number of aromatic nitrogens is 2. The van der Waals surface area contributed by atoms with Gasteiger partial charge < -0.3 is 0 Å². The van der Waals surface area contributed by atoms with Gasteiger partial charge in [-0.25, -0.2) is 4.79 Å². The lowest BCUT2D eigenvalue weighted by molar-refractivity contribution is 0.241. The average Bonchev–Trinajstić information content (AvgIpc) is 2.99. The summed E-state index contributed by atoms with van der Waals surface area (Å²) >= 11 is 0. The van der Waals surface area contributed by atoms with Gasteiger partial charge in [0.2, 0.25) is 0 Å². The molecule has 2 aromatic rings. The van der Waals surface area contributed by atoms with E-state index in [1.807, 2.05) is 0 Å². The highest BCUT2D eigenvalue weighted by Crippen LogP contribution is 2.33. The Balaban J connectivity index is 1.91. The van der Waals surface area contributed by atoms with Crippen LogP contribution in [-0.4, -0.2) is 20.6 Å². The lowest BCUT2D eigenvalue weighted by Crippen LogP contribution is -2.39. The quantitative estimate of drug-likeness (QED) is 0.867. The molecular formula is C18H23N3O2. The molecule has 1 aromatic heterocycles. The summed E-state index contributed by atoms with van der Waals surface area (Å²) in [6.07, 6.45) is 2.25. The second-order valence-corrected chi connectivity index (χ2v) is 6.42. The number of likely N-dealkylation sites (tertiary alicyclic amines) is 1. The predicted octanol–water partition coefficient (Wildman–Crippen LogP) is 1.73. The smallest absolute Gasteiger partial charge is 0.299 e. The lowest BCUT2D eigenvalue weighted by atomic mass is 10.0. The van der Waals surface area contributed by atoms with Crippen molar-refractivity contribution >= 4 is 0 Å². The Labute approximate surface area is 135 Å². The van der Waals surface area contributed by atoms with Crippen molar-refractivity contribution in [2.75, 3.05) is 6.54 Å². The first-order valence-electron chi connectivity index (χ1n) is 8.04. The Morgan fingerprint density at radius 1 is 1.13 bits per heavy atom. The number of benzene rings is 1. The van der Waals surface area contributed by atoms with Gasteiger partial charge in [-0.15, -0.1) is 0 Å². The fraction of sp³-hybridized carbons (Fsp3) is 0.444. The van der Waals surface area contributed by atoms with Gasteiger partial charge in [0.05, 0.1) is 0 Å². The first-order chi connectivity index (χ1) is 11.0. The summed E-state index contributed by atoms with van der Waals surface area (Å²) < 4.78 is 2.72. The third-order valence-electron chi connectivity index (χ3n) is 4.78. The average molecular weight is 313 g/mol. The van der Waals surface area contributed by atoms with Crippen LogP contribution in [0.15, 0.2) is 39.9 Å². The maximum Gasteiger partial charge on any atom is 0.330 e. The Morgan fingerprint density at radius 3 is 2.65 bits per heavy atom. The van der Waals surface area contributed by atoms with Crippen molar-refractivity contribution in [3.05, 3.63) is 68.0 Å². The summed E-state index contributed by atoms with van der Waals surface area (Å²) in [5.74, 6) is 0. The zero-order chi connectivity index (χ0) is 16.6. The van der Waals surface area contributed by atoms with E-state index in [1.54, 1.807) is 17.7 Å². The zero-order valence-electron chi connectivity index (χ0n) is 14.0. The number of hydrogen-bond acceptors (Lipinski definition) is 3. The summed E-state index contributed by atoms with van der Waals surface area (Å²) in [4.78, 5) is 26.4. The largest absolute Gasteiger partial charge is 0.330 e. The molecule has 5 nitrogen and oxygen atoms in total. The maximum absolute atomic E-state index is 12.1. The summed E-state index contributed by atoms with van der Waals surface area (Å²) in [5, 5.41) is 0. The van der Waals surface area contributed by atoms with Crippen LogP contribution in [-0.2, 0) is 20.6 Å². The second kappa shape index (κ2) is 6.16. The van der Waals surface area contributed by atoms with Crippen LogP contribution in [0.1, 0.15) is 35.7 Å². The SMILES string of the molecule is Cc1cccc([C@@H]2CCCN2Cc2cc(=O)n(C)c(=O)n2C)c1. The van der Waals surface area contributed by atoms with Gasteiger partial charge in [0.1, 0.15) is 0 Å². The van der Waals surface area contributed by atoms with Gasteiger partial charge in [0, 0.05) is 38.4 Å². The van der Waals surface area contributed by atoms with Crippen molar-refractivity contribution in [3.8, 4) is 0 Å². The van der Waals surface area contributed by atoms with Gasteiger partial charge in [-0.3, -0.25) is 18.8 Å². The highest BCUT2D eigenvalue weighted by Gasteiger charge is 2.26. The number of rotatable bonds is 3. The van der Waals surface area contributed by atoms with Gasteiger partial charge in [-0.05, 0) is 31.9 Å². The Morgan fingerprint density at radius 2 is 1.91 bits per heavy atom. The fourth-order valence-corrected chi connectivity index (χ4v) is 3.41. The van der Waals surface area contributed by atoms with Crippen molar-refractivity contribution < 1.29 is 0 Å². The molecule has 5 heteroatoms. The highest BCUT2D eigenvalue weighted by molar-refractivity contribution is 5.26. The molecule has 0 bridgehead atoms. The first kappa shape index (κ1) is 15.7. The molecular weight excluding hydrogens is 290 g/mol. The highest BCUT2D eigenvalue weighted by atomic mass is 16.2. The van der Waals surface area contributed by atoms with Crippen molar-refractivity contribution in [1.82, 2.24) is 14.0 Å². The van der Waals surface area contributed by atoms with Crippen LogP contribution in [0.2, 0.25) is 0 Å². The predicted molar refractivity (Wildman–Crippen MR) is 90.5 cm³/mol. The van der Waals surface area contributed by atoms with Crippen LogP contribution in [0.4, 0.5) is 0 Å². The van der Waals surface area contributed by atoms with Crippen molar-refractivity contribution in [2.45, 2.75) is 32.4 Å². The molecule has 0 unspecified atom stereocenters. The minimum atomic E-state index is -0.265. The molecule has 0 amide bonds. The summed E-state index contributed by atoms with van der Waals surface area (Å²) in [5.41, 5.74) is 2.84. The van der Waals surface area contributed by atoms with E-state index in [9.17, 15) is 9.59 Å². The number of aryl methyl sites for hydroxylation is 1. The van der Waals surface area contributed by atoms with Crippen molar-refractivity contribution in [1.29, 1.82) is 0 Å². The van der Waals surface area contributed by atoms with Gasteiger partial charge in [0.15, 0.2) is 0 Å². The molecule has 0 N–H and O–H groups in total. The molecule has 1 aliphatic rings. The van der Waals surface area contributed by atoms with E-state index in [0.29, 0.717) is 12.6 Å². The third-order valence-corrected chi connectivity index (χ3v) is 4.78. The number of nitrogens with zero attached hydrogens (tertiary/aromatic N) is 3. The second-order valence-electron chi connectivity index (χ2n) is 6.42. The minimum absolute atomic E-state index is 0.241. The van der Waals surface area contributed by atoms with E-state index in [4.69, 9.17) is 0 Å². The van der Waals surface area contributed by atoms with Crippen LogP contribution in [0.5, 0.6) is 0 Å². The fourth-order valence-electron chi connectivity index (χ4n) is 3.41. The first-order valence-corrected chi connectivity index (χ1v) is 8.04. The monoisotopic (exact) mass is 313 g/mol. The molecule has 0 spiro atoms. The molecule has 1 aromatic carbocycles. The van der Waals surface area contributed by atoms with E-state index in [0.717, 1.165) is 29.6 Å². The van der Waals surface area contributed by atoms with Gasteiger partial charge in [-0.1, -0.05) is 29.8 Å². The van der Waals surface area contributed by atoms with Crippen LogP contribution in [0, 0.1) is 6.92 Å². The maximum atomic E-state index is 12.1. The van der Waals surface area contributed by atoms with E-state index >= 15 is 0 Å². The molecule has 3 rings (SSSR count). The lowest BCUT2D eigenvalue weighted by Gasteiger charge is -2.26.